The first-order valence-corrected chi connectivity index (χ1v) is 10.8. The third kappa shape index (κ3) is 3.84. The first kappa shape index (κ1) is 20.5. The highest BCUT2D eigenvalue weighted by Crippen LogP contribution is 2.38. The van der Waals surface area contributed by atoms with Gasteiger partial charge in [0, 0.05) is 16.7 Å². The molecule has 0 N–H and O–H groups in total. The first-order chi connectivity index (χ1) is 14.3. The molecule has 30 heavy (non-hydrogen) atoms. The minimum atomic E-state index is -0.220. The number of nitrogens with zero attached hydrogens (tertiary/aromatic N) is 2. The molecule has 0 saturated heterocycles. The topological polar surface area (TPSA) is 17.8 Å². The van der Waals surface area contributed by atoms with Crippen LogP contribution in [0.1, 0.15) is 27.8 Å². The highest BCUT2D eigenvalue weighted by Gasteiger charge is 2.20. The van der Waals surface area contributed by atoms with Crippen molar-refractivity contribution >= 4 is 15.9 Å². The molecule has 0 atom stereocenters. The van der Waals surface area contributed by atoms with Crippen LogP contribution in [0.3, 0.4) is 0 Å². The van der Waals surface area contributed by atoms with Crippen molar-refractivity contribution in [3.63, 3.8) is 0 Å². The molecule has 0 aliphatic carbocycles. The van der Waals surface area contributed by atoms with Gasteiger partial charge in [-0.25, -0.2) is 4.39 Å². The van der Waals surface area contributed by atoms with Crippen molar-refractivity contribution in [1.82, 2.24) is 9.78 Å². The predicted molar refractivity (Wildman–Crippen MR) is 125 cm³/mol. The third-order valence-corrected chi connectivity index (χ3v) is 6.48. The van der Waals surface area contributed by atoms with Gasteiger partial charge in [-0.2, -0.15) is 5.10 Å². The van der Waals surface area contributed by atoms with Crippen LogP contribution in [-0.4, -0.2) is 9.78 Å². The van der Waals surface area contributed by atoms with E-state index < -0.39 is 0 Å². The summed E-state index contributed by atoms with van der Waals surface area (Å²) < 4.78 is 17.2. The van der Waals surface area contributed by atoms with Crippen molar-refractivity contribution in [3.05, 3.63) is 98.8 Å². The molecular weight excluding hydrogens is 439 g/mol. The molecule has 1 heterocycles. The van der Waals surface area contributed by atoms with Crippen molar-refractivity contribution in [1.29, 1.82) is 0 Å². The summed E-state index contributed by atoms with van der Waals surface area (Å²) in [5.41, 5.74) is 9.45. The van der Waals surface area contributed by atoms with Crippen molar-refractivity contribution in [2.75, 3.05) is 0 Å². The van der Waals surface area contributed by atoms with E-state index in [1.807, 2.05) is 16.8 Å². The smallest absolute Gasteiger partial charge is 0.128 e. The zero-order valence-corrected chi connectivity index (χ0v) is 19.2. The lowest BCUT2D eigenvalue weighted by Crippen LogP contribution is -2.06. The van der Waals surface area contributed by atoms with Gasteiger partial charge in [0.05, 0.1) is 16.7 Å². The van der Waals surface area contributed by atoms with Crippen molar-refractivity contribution in [2.45, 2.75) is 34.2 Å². The highest BCUT2D eigenvalue weighted by molar-refractivity contribution is 9.10. The van der Waals surface area contributed by atoms with E-state index in [-0.39, 0.29) is 5.82 Å². The largest absolute Gasteiger partial charge is 0.259 e. The molecule has 0 amide bonds. The maximum Gasteiger partial charge on any atom is 0.128 e. The van der Waals surface area contributed by atoms with Gasteiger partial charge >= 0.3 is 0 Å². The van der Waals surface area contributed by atoms with Gasteiger partial charge in [0.2, 0.25) is 0 Å². The summed E-state index contributed by atoms with van der Waals surface area (Å²) in [7, 11) is 0. The summed E-state index contributed by atoms with van der Waals surface area (Å²) >= 11 is 3.82. The van der Waals surface area contributed by atoms with Gasteiger partial charge in [0.25, 0.3) is 0 Å². The van der Waals surface area contributed by atoms with Crippen LogP contribution in [0.2, 0.25) is 0 Å². The zero-order valence-electron chi connectivity index (χ0n) is 17.6. The Morgan fingerprint density at radius 3 is 2.03 bits per heavy atom. The van der Waals surface area contributed by atoms with Crippen LogP contribution in [0.15, 0.2) is 65.1 Å². The second-order valence-corrected chi connectivity index (χ2v) is 8.65. The van der Waals surface area contributed by atoms with Crippen LogP contribution in [0.4, 0.5) is 4.39 Å². The number of hydrogen-bond donors (Lipinski definition) is 0. The molecule has 1 aromatic heterocycles. The number of hydrogen-bond acceptors (Lipinski definition) is 1. The Labute approximate surface area is 185 Å². The standard InChI is InChI=1S/C26H24BrFN2/c1-16-9-11-20(13-18(16)3)25-24(27)26(21-12-10-17(2)19(4)14-21)30(29-25)15-22-7-5-6-8-23(22)28/h5-14H,15H2,1-4H3. The maximum absolute atomic E-state index is 14.4. The van der Waals surface area contributed by atoms with Crippen LogP contribution >= 0.6 is 15.9 Å². The van der Waals surface area contributed by atoms with Crippen molar-refractivity contribution in [3.8, 4) is 22.5 Å². The van der Waals surface area contributed by atoms with Crippen LogP contribution in [-0.2, 0) is 6.54 Å². The molecule has 0 radical (unpaired) electrons. The minimum Gasteiger partial charge on any atom is -0.259 e. The van der Waals surface area contributed by atoms with E-state index in [4.69, 9.17) is 5.10 Å². The molecular formula is C26H24BrFN2. The number of aromatic nitrogens is 2. The molecule has 0 saturated carbocycles. The van der Waals surface area contributed by atoms with Gasteiger partial charge in [-0.3, -0.25) is 4.68 Å². The van der Waals surface area contributed by atoms with E-state index >= 15 is 0 Å². The fourth-order valence-corrected chi connectivity index (χ4v) is 4.32. The van der Waals surface area contributed by atoms with E-state index in [1.54, 1.807) is 6.07 Å². The fourth-order valence-electron chi connectivity index (χ4n) is 3.58. The Morgan fingerprint density at radius 1 is 0.800 bits per heavy atom. The summed E-state index contributed by atoms with van der Waals surface area (Å²) in [5.74, 6) is -0.220. The number of halogens is 2. The van der Waals surface area contributed by atoms with Gasteiger partial charge in [0.1, 0.15) is 11.5 Å². The molecule has 3 aromatic carbocycles. The van der Waals surface area contributed by atoms with Gasteiger partial charge in [0.15, 0.2) is 0 Å². The molecule has 4 rings (SSSR count). The Kier molecular flexibility index (Phi) is 5.61. The Balaban J connectivity index is 1.91. The summed E-state index contributed by atoms with van der Waals surface area (Å²) in [6, 6.07) is 19.6. The van der Waals surface area contributed by atoms with Crippen LogP contribution in [0, 0.1) is 33.5 Å². The molecule has 4 aromatic rings. The third-order valence-electron chi connectivity index (χ3n) is 5.73. The minimum absolute atomic E-state index is 0.220. The molecule has 0 aliphatic rings. The molecule has 2 nitrogen and oxygen atoms in total. The molecule has 0 fully saturated rings. The second-order valence-electron chi connectivity index (χ2n) is 7.86. The first-order valence-electron chi connectivity index (χ1n) is 10.00. The number of benzene rings is 3. The molecule has 152 valence electrons. The Hall–Kier alpha value is -2.72. The highest BCUT2D eigenvalue weighted by atomic mass is 79.9. The predicted octanol–water partition coefficient (Wildman–Crippen LogP) is 7.40. The van der Waals surface area contributed by atoms with Crippen LogP contribution in [0.5, 0.6) is 0 Å². The number of aryl methyl sites for hydroxylation is 4. The molecule has 0 spiro atoms. The van der Waals surface area contributed by atoms with Gasteiger partial charge in [-0.05, 0) is 84.1 Å². The molecule has 0 unspecified atom stereocenters. The summed E-state index contributed by atoms with van der Waals surface area (Å²) in [5, 5.41) is 4.92. The average Bonchev–Trinajstić information content (AvgIpc) is 3.04. The fraction of sp³-hybridized carbons (Fsp3) is 0.192. The van der Waals surface area contributed by atoms with Crippen LogP contribution < -0.4 is 0 Å². The monoisotopic (exact) mass is 462 g/mol. The summed E-state index contributed by atoms with van der Waals surface area (Å²) in [4.78, 5) is 0. The van der Waals surface area contributed by atoms with Crippen molar-refractivity contribution < 1.29 is 4.39 Å². The van der Waals surface area contributed by atoms with E-state index in [1.165, 1.54) is 28.3 Å². The molecule has 0 bridgehead atoms. The maximum atomic E-state index is 14.4. The van der Waals surface area contributed by atoms with E-state index in [9.17, 15) is 4.39 Å². The summed E-state index contributed by atoms with van der Waals surface area (Å²) in [6.07, 6.45) is 0. The number of rotatable bonds is 4. The molecule has 4 heteroatoms. The van der Waals surface area contributed by atoms with Crippen LogP contribution in [0.25, 0.3) is 22.5 Å². The Morgan fingerprint density at radius 2 is 1.40 bits per heavy atom. The molecule has 0 aliphatic heterocycles. The van der Waals surface area contributed by atoms with Gasteiger partial charge < -0.3 is 0 Å². The lowest BCUT2D eigenvalue weighted by atomic mass is 10.0. The summed E-state index contributed by atoms with van der Waals surface area (Å²) in [6.45, 7) is 8.77. The van der Waals surface area contributed by atoms with E-state index in [2.05, 4.69) is 80.0 Å². The second kappa shape index (κ2) is 8.19. The lowest BCUT2D eigenvalue weighted by molar-refractivity contribution is 0.587. The lowest BCUT2D eigenvalue weighted by Gasteiger charge is -2.11. The normalized spacial score (nSPS) is 11.1. The quantitative estimate of drug-likeness (QED) is 0.308. The van der Waals surface area contributed by atoms with Gasteiger partial charge in [-0.15, -0.1) is 0 Å². The van der Waals surface area contributed by atoms with E-state index in [0.717, 1.165) is 27.0 Å². The van der Waals surface area contributed by atoms with Crippen molar-refractivity contribution in [2.24, 2.45) is 0 Å². The van der Waals surface area contributed by atoms with Gasteiger partial charge in [-0.1, -0.05) is 42.5 Å². The SMILES string of the molecule is Cc1ccc(-c2nn(Cc3ccccc3F)c(-c3ccc(C)c(C)c3)c2Br)cc1C. The average molecular weight is 463 g/mol. The zero-order chi connectivity index (χ0) is 21.4. The van der Waals surface area contributed by atoms with E-state index in [0.29, 0.717) is 12.1 Å². The Bertz CT molecular complexity index is 1240.